The maximum atomic E-state index is 14.9. The number of anilines is 1. The number of piperidine rings is 1. The summed E-state index contributed by atoms with van der Waals surface area (Å²) >= 11 is 0. The number of methoxy groups -OCH3 is 1. The summed E-state index contributed by atoms with van der Waals surface area (Å²) in [6.45, 7) is 2.63. The van der Waals surface area contributed by atoms with Crippen LogP contribution >= 0.6 is 0 Å². The molecule has 8 nitrogen and oxygen atoms in total. The topological polar surface area (TPSA) is 76.8 Å². The molecule has 2 atom stereocenters. The van der Waals surface area contributed by atoms with E-state index in [9.17, 15) is 4.39 Å². The molecular weight excluding hydrogens is 423 g/mol. The van der Waals surface area contributed by atoms with Gasteiger partial charge >= 0.3 is 0 Å². The molecule has 0 amide bonds. The van der Waals surface area contributed by atoms with Crippen molar-refractivity contribution in [3.8, 4) is 17.0 Å². The van der Waals surface area contributed by atoms with E-state index in [0.29, 0.717) is 44.0 Å². The number of aromatic nitrogens is 4. The second-order valence-corrected chi connectivity index (χ2v) is 8.62. The lowest BCUT2D eigenvalue weighted by molar-refractivity contribution is -0.0794. The zero-order valence-corrected chi connectivity index (χ0v) is 18.3. The maximum absolute atomic E-state index is 14.9. The largest absolute Gasteiger partial charge is 0.479 e. The highest BCUT2D eigenvalue weighted by Crippen LogP contribution is 2.33. The highest BCUT2D eigenvalue weighted by molar-refractivity contribution is 5.90. The molecule has 33 heavy (non-hydrogen) atoms. The van der Waals surface area contributed by atoms with Gasteiger partial charge in [0, 0.05) is 36.4 Å². The lowest BCUT2D eigenvalue weighted by Gasteiger charge is -2.42. The van der Waals surface area contributed by atoms with E-state index in [1.165, 1.54) is 0 Å². The third kappa shape index (κ3) is 3.67. The standard InChI is InChI=1S/C24H25FN6O2/c1-32-23-22-18(15-4-5-20-16(11-15)3-2-8-26-20)6-10-31(22)29-24(28-23)27-21-7-9-30(12-19(21)25)17-13-33-14-17/h2-6,8,10-11,17,19,21H,7,9,12-14H2,1H3,(H,27,29)/t19-,21+/m1/s1. The number of halogens is 1. The number of nitrogens with zero attached hydrogens (tertiary/aromatic N) is 5. The van der Waals surface area contributed by atoms with Crippen molar-refractivity contribution in [2.75, 3.05) is 38.7 Å². The third-order valence-corrected chi connectivity index (χ3v) is 6.61. The molecular formula is C24H25FN6O2. The Balaban J connectivity index is 1.28. The summed E-state index contributed by atoms with van der Waals surface area (Å²) in [6, 6.07) is 12.1. The summed E-state index contributed by atoms with van der Waals surface area (Å²) in [7, 11) is 1.59. The Bertz CT molecular complexity index is 1310. The summed E-state index contributed by atoms with van der Waals surface area (Å²) in [5.74, 6) is 0.801. The average molecular weight is 449 g/mol. The Morgan fingerprint density at radius 1 is 1.21 bits per heavy atom. The fourth-order valence-corrected chi connectivity index (χ4v) is 4.69. The van der Waals surface area contributed by atoms with E-state index in [2.05, 4.69) is 31.3 Å². The predicted molar refractivity (Wildman–Crippen MR) is 123 cm³/mol. The minimum atomic E-state index is -1.00. The molecule has 2 fully saturated rings. The quantitative estimate of drug-likeness (QED) is 0.503. The molecule has 1 aromatic carbocycles. The summed E-state index contributed by atoms with van der Waals surface area (Å²) < 4.78 is 27.5. The molecule has 0 unspecified atom stereocenters. The van der Waals surface area contributed by atoms with Gasteiger partial charge in [0.15, 0.2) is 0 Å². The summed E-state index contributed by atoms with van der Waals surface area (Å²) in [5.41, 5.74) is 3.69. The maximum Gasteiger partial charge on any atom is 0.244 e. The fraction of sp³-hybridized carbons (Fsp3) is 0.375. The van der Waals surface area contributed by atoms with Crippen LogP contribution in [0.25, 0.3) is 27.5 Å². The molecule has 0 aliphatic carbocycles. The first kappa shape index (κ1) is 20.3. The van der Waals surface area contributed by atoms with Crippen LogP contribution in [-0.4, -0.2) is 76.2 Å². The number of fused-ring (bicyclic) bond motifs is 2. The molecule has 2 saturated heterocycles. The second kappa shape index (κ2) is 8.24. The first-order valence-corrected chi connectivity index (χ1v) is 11.2. The van der Waals surface area contributed by atoms with Crippen molar-refractivity contribution in [3.05, 3.63) is 48.8 Å². The van der Waals surface area contributed by atoms with Gasteiger partial charge in [0.2, 0.25) is 11.8 Å². The van der Waals surface area contributed by atoms with Crippen molar-refractivity contribution >= 4 is 22.4 Å². The Morgan fingerprint density at radius 2 is 2.12 bits per heavy atom. The van der Waals surface area contributed by atoms with E-state index in [1.54, 1.807) is 17.8 Å². The highest BCUT2D eigenvalue weighted by atomic mass is 19.1. The van der Waals surface area contributed by atoms with Crippen LogP contribution in [0.1, 0.15) is 6.42 Å². The molecule has 2 aliphatic heterocycles. The molecule has 170 valence electrons. The number of pyridine rings is 1. The first-order valence-electron chi connectivity index (χ1n) is 11.2. The summed E-state index contributed by atoms with van der Waals surface area (Å²) in [4.78, 5) is 11.1. The van der Waals surface area contributed by atoms with E-state index in [-0.39, 0.29) is 6.04 Å². The smallest absolute Gasteiger partial charge is 0.244 e. The third-order valence-electron chi connectivity index (χ3n) is 6.61. The van der Waals surface area contributed by atoms with Crippen molar-refractivity contribution in [2.45, 2.75) is 24.7 Å². The van der Waals surface area contributed by atoms with Crippen molar-refractivity contribution in [1.82, 2.24) is 24.5 Å². The highest BCUT2D eigenvalue weighted by Gasteiger charge is 2.35. The minimum absolute atomic E-state index is 0.340. The van der Waals surface area contributed by atoms with Crippen LogP contribution in [0.3, 0.4) is 0 Å². The van der Waals surface area contributed by atoms with Crippen molar-refractivity contribution in [1.29, 1.82) is 0 Å². The molecule has 0 spiro atoms. The number of rotatable bonds is 5. The van der Waals surface area contributed by atoms with Crippen LogP contribution in [0.15, 0.2) is 48.8 Å². The molecule has 9 heteroatoms. The van der Waals surface area contributed by atoms with E-state index in [0.717, 1.165) is 34.1 Å². The van der Waals surface area contributed by atoms with Crippen molar-refractivity contribution < 1.29 is 13.9 Å². The molecule has 0 bridgehead atoms. The summed E-state index contributed by atoms with van der Waals surface area (Å²) in [5, 5.41) is 8.86. The Hall–Kier alpha value is -3.30. The van der Waals surface area contributed by atoms with Gasteiger partial charge < -0.3 is 14.8 Å². The number of ether oxygens (including phenoxy) is 2. The van der Waals surface area contributed by atoms with Crippen LogP contribution in [0.2, 0.25) is 0 Å². The zero-order valence-electron chi connectivity index (χ0n) is 18.3. The normalized spacial score (nSPS) is 21.9. The molecule has 3 aromatic heterocycles. The van der Waals surface area contributed by atoms with E-state index in [1.807, 2.05) is 36.5 Å². The van der Waals surface area contributed by atoms with Crippen LogP contribution in [0, 0.1) is 0 Å². The van der Waals surface area contributed by atoms with Gasteiger partial charge in [-0.2, -0.15) is 4.98 Å². The number of likely N-dealkylation sites (tertiary alicyclic amines) is 1. The summed E-state index contributed by atoms with van der Waals surface area (Å²) in [6.07, 6.45) is 3.34. The van der Waals surface area contributed by atoms with Crippen molar-refractivity contribution in [3.63, 3.8) is 0 Å². The number of hydrogen-bond donors (Lipinski definition) is 1. The molecule has 4 aromatic rings. The van der Waals surface area contributed by atoms with Gasteiger partial charge in [0.1, 0.15) is 11.7 Å². The Morgan fingerprint density at radius 3 is 2.91 bits per heavy atom. The molecule has 6 rings (SSSR count). The van der Waals surface area contributed by atoms with Gasteiger partial charge in [-0.3, -0.25) is 9.88 Å². The van der Waals surface area contributed by atoms with E-state index in [4.69, 9.17) is 9.47 Å². The molecule has 5 heterocycles. The SMILES string of the molecule is COc1nc(N[C@H]2CCN(C3COC3)C[C@H]2F)nn2ccc(-c3ccc4ncccc4c3)c12. The van der Waals surface area contributed by atoms with Gasteiger partial charge in [-0.1, -0.05) is 12.1 Å². The Labute approximate surface area is 190 Å². The van der Waals surface area contributed by atoms with E-state index < -0.39 is 6.17 Å². The lowest BCUT2D eigenvalue weighted by Crippen LogP contribution is -2.57. The Kier molecular flexibility index (Phi) is 5.07. The zero-order chi connectivity index (χ0) is 22.4. The van der Waals surface area contributed by atoms with Crippen LogP contribution in [0.4, 0.5) is 10.3 Å². The molecule has 1 N–H and O–H groups in total. The number of hydrogen-bond acceptors (Lipinski definition) is 7. The molecule has 2 aliphatic rings. The van der Waals surface area contributed by atoms with Crippen LogP contribution in [-0.2, 0) is 4.74 Å². The number of benzene rings is 1. The molecule has 0 saturated carbocycles. The van der Waals surface area contributed by atoms with Gasteiger partial charge in [-0.05, 0) is 36.2 Å². The van der Waals surface area contributed by atoms with Gasteiger partial charge in [-0.25, -0.2) is 8.91 Å². The van der Waals surface area contributed by atoms with Crippen LogP contribution in [0.5, 0.6) is 5.88 Å². The first-order chi connectivity index (χ1) is 16.2. The molecule has 0 radical (unpaired) electrons. The lowest BCUT2D eigenvalue weighted by atomic mass is 10.0. The average Bonchev–Trinajstić information content (AvgIpc) is 3.23. The number of nitrogens with one attached hydrogen (secondary N) is 1. The van der Waals surface area contributed by atoms with Gasteiger partial charge in [0.05, 0.1) is 37.9 Å². The van der Waals surface area contributed by atoms with Crippen LogP contribution < -0.4 is 10.1 Å². The van der Waals surface area contributed by atoms with E-state index >= 15 is 0 Å². The number of alkyl halides is 1. The monoisotopic (exact) mass is 448 g/mol. The van der Waals surface area contributed by atoms with Gasteiger partial charge in [0.25, 0.3) is 0 Å². The predicted octanol–water partition coefficient (Wildman–Crippen LogP) is 3.18. The minimum Gasteiger partial charge on any atom is -0.479 e. The van der Waals surface area contributed by atoms with Gasteiger partial charge in [-0.15, -0.1) is 5.10 Å². The fourth-order valence-electron chi connectivity index (χ4n) is 4.69. The second-order valence-electron chi connectivity index (χ2n) is 8.62. The van der Waals surface area contributed by atoms with Crippen molar-refractivity contribution in [2.24, 2.45) is 0 Å².